The molecule has 1 atom stereocenters. The largest absolute Gasteiger partial charge is 0.392 e. The molecule has 0 amide bonds. The normalized spacial score (nSPS) is 23.3. The SMILES string of the molecule is OCc1ccc2[nH]c3c(c2c1)CCN1CCCCC31. The average Bonchev–Trinajstić information content (AvgIpc) is 2.85. The van der Waals surface area contributed by atoms with Gasteiger partial charge in [0.25, 0.3) is 0 Å². The van der Waals surface area contributed by atoms with Crippen LogP contribution in [0.25, 0.3) is 10.9 Å². The predicted molar refractivity (Wildman–Crippen MR) is 76.1 cm³/mol. The van der Waals surface area contributed by atoms with Gasteiger partial charge >= 0.3 is 0 Å². The molecule has 1 aromatic heterocycles. The highest BCUT2D eigenvalue weighted by atomic mass is 16.3. The number of piperidine rings is 1. The summed E-state index contributed by atoms with van der Waals surface area (Å²) in [5.41, 5.74) is 5.18. The Morgan fingerprint density at radius 2 is 2.21 bits per heavy atom. The lowest BCUT2D eigenvalue weighted by Gasteiger charge is -2.39. The zero-order valence-corrected chi connectivity index (χ0v) is 11.2. The van der Waals surface area contributed by atoms with Gasteiger partial charge in [-0.2, -0.15) is 0 Å². The Morgan fingerprint density at radius 1 is 1.26 bits per heavy atom. The van der Waals surface area contributed by atoms with E-state index in [-0.39, 0.29) is 6.61 Å². The highest BCUT2D eigenvalue weighted by Gasteiger charge is 2.31. The summed E-state index contributed by atoms with van der Waals surface area (Å²) in [6.45, 7) is 2.57. The fourth-order valence-electron chi connectivity index (χ4n) is 3.81. The van der Waals surface area contributed by atoms with E-state index in [4.69, 9.17) is 0 Å². The number of rotatable bonds is 1. The number of aromatic amines is 1. The van der Waals surface area contributed by atoms with E-state index < -0.39 is 0 Å². The number of hydrogen-bond acceptors (Lipinski definition) is 2. The van der Waals surface area contributed by atoms with Crippen molar-refractivity contribution in [1.82, 2.24) is 9.88 Å². The first-order valence-electron chi connectivity index (χ1n) is 7.35. The first kappa shape index (κ1) is 11.5. The molecule has 1 aromatic carbocycles. The second kappa shape index (κ2) is 4.36. The Bertz CT molecular complexity index is 616. The molecule has 2 aromatic rings. The van der Waals surface area contributed by atoms with Gasteiger partial charge in [0.2, 0.25) is 0 Å². The Balaban J connectivity index is 1.86. The number of nitrogens with one attached hydrogen (secondary N) is 1. The van der Waals surface area contributed by atoms with Crippen molar-refractivity contribution in [3.05, 3.63) is 35.0 Å². The third-order valence-corrected chi connectivity index (χ3v) is 4.78. The number of aliphatic hydroxyl groups is 1. The van der Waals surface area contributed by atoms with E-state index in [0.717, 1.165) is 12.0 Å². The van der Waals surface area contributed by atoms with Crippen molar-refractivity contribution in [3.8, 4) is 0 Å². The Morgan fingerprint density at radius 3 is 3.11 bits per heavy atom. The molecule has 0 bridgehead atoms. The summed E-state index contributed by atoms with van der Waals surface area (Å²) < 4.78 is 0. The van der Waals surface area contributed by atoms with Crippen LogP contribution in [-0.4, -0.2) is 28.1 Å². The molecular formula is C16H20N2O. The van der Waals surface area contributed by atoms with Crippen molar-refractivity contribution in [3.63, 3.8) is 0 Å². The van der Waals surface area contributed by atoms with Gasteiger partial charge in [0.15, 0.2) is 0 Å². The van der Waals surface area contributed by atoms with Crippen LogP contribution in [0.2, 0.25) is 0 Å². The topological polar surface area (TPSA) is 39.3 Å². The quantitative estimate of drug-likeness (QED) is 0.823. The fourth-order valence-corrected chi connectivity index (χ4v) is 3.81. The van der Waals surface area contributed by atoms with Crippen molar-refractivity contribution >= 4 is 10.9 Å². The number of hydrogen-bond donors (Lipinski definition) is 2. The number of benzene rings is 1. The molecule has 3 nitrogen and oxygen atoms in total. The monoisotopic (exact) mass is 256 g/mol. The number of H-pyrrole nitrogens is 1. The summed E-state index contributed by atoms with van der Waals surface area (Å²) in [4.78, 5) is 6.28. The predicted octanol–water partition coefficient (Wildman–Crippen LogP) is 2.74. The summed E-state index contributed by atoms with van der Waals surface area (Å²) in [6, 6.07) is 6.89. The lowest BCUT2D eigenvalue weighted by atomic mass is 9.91. The smallest absolute Gasteiger partial charge is 0.0682 e. The molecule has 1 unspecified atom stereocenters. The highest BCUT2D eigenvalue weighted by molar-refractivity contribution is 5.85. The first-order chi connectivity index (χ1) is 9.36. The molecule has 1 saturated heterocycles. The third kappa shape index (κ3) is 1.72. The Kier molecular flexibility index (Phi) is 2.64. The average molecular weight is 256 g/mol. The molecule has 3 heterocycles. The summed E-state index contributed by atoms with van der Waals surface area (Å²) >= 11 is 0. The Labute approximate surface area is 113 Å². The molecular weight excluding hydrogens is 236 g/mol. The van der Waals surface area contributed by atoms with Crippen molar-refractivity contribution in [2.24, 2.45) is 0 Å². The van der Waals surface area contributed by atoms with Crippen molar-refractivity contribution < 1.29 is 5.11 Å². The van der Waals surface area contributed by atoms with Crippen LogP contribution in [0.4, 0.5) is 0 Å². The molecule has 0 aliphatic carbocycles. The molecule has 0 spiro atoms. The minimum Gasteiger partial charge on any atom is -0.392 e. The number of aliphatic hydroxyl groups excluding tert-OH is 1. The molecule has 19 heavy (non-hydrogen) atoms. The summed E-state index contributed by atoms with van der Waals surface area (Å²) in [5, 5.41) is 10.6. The van der Waals surface area contributed by atoms with Gasteiger partial charge in [-0.25, -0.2) is 0 Å². The highest BCUT2D eigenvalue weighted by Crippen LogP contribution is 2.39. The van der Waals surface area contributed by atoms with Crippen molar-refractivity contribution in [2.75, 3.05) is 13.1 Å². The summed E-state index contributed by atoms with van der Waals surface area (Å²) in [5.74, 6) is 0. The molecule has 2 N–H and O–H groups in total. The van der Waals surface area contributed by atoms with Crippen LogP contribution in [-0.2, 0) is 13.0 Å². The maximum Gasteiger partial charge on any atom is 0.0682 e. The minimum absolute atomic E-state index is 0.130. The van der Waals surface area contributed by atoms with Crippen molar-refractivity contribution in [2.45, 2.75) is 38.3 Å². The van der Waals surface area contributed by atoms with E-state index in [9.17, 15) is 5.11 Å². The van der Waals surface area contributed by atoms with Crippen LogP contribution >= 0.6 is 0 Å². The van der Waals surface area contributed by atoms with E-state index in [0.29, 0.717) is 6.04 Å². The zero-order chi connectivity index (χ0) is 12.8. The van der Waals surface area contributed by atoms with Gasteiger partial charge in [-0.15, -0.1) is 0 Å². The van der Waals surface area contributed by atoms with Crippen LogP contribution in [0.15, 0.2) is 18.2 Å². The molecule has 0 radical (unpaired) electrons. The van der Waals surface area contributed by atoms with Crippen LogP contribution in [0, 0.1) is 0 Å². The lowest BCUT2D eigenvalue weighted by molar-refractivity contribution is 0.136. The third-order valence-electron chi connectivity index (χ3n) is 4.78. The van der Waals surface area contributed by atoms with Crippen LogP contribution in [0.1, 0.15) is 42.1 Å². The van der Waals surface area contributed by atoms with Gasteiger partial charge < -0.3 is 10.1 Å². The molecule has 2 aliphatic heterocycles. The van der Waals surface area contributed by atoms with Crippen LogP contribution in [0.5, 0.6) is 0 Å². The van der Waals surface area contributed by atoms with Gasteiger partial charge in [0, 0.05) is 23.1 Å². The molecule has 2 aliphatic rings. The second-order valence-electron chi connectivity index (χ2n) is 5.85. The van der Waals surface area contributed by atoms with E-state index in [1.807, 2.05) is 6.07 Å². The zero-order valence-electron chi connectivity index (χ0n) is 11.2. The van der Waals surface area contributed by atoms with Gasteiger partial charge in [-0.1, -0.05) is 12.5 Å². The maximum absolute atomic E-state index is 9.31. The van der Waals surface area contributed by atoms with Gasteiger partial charge in [-0.3, -0.25) is 4.90 Å². The summed E-state index contributed by atoms with van der Waals surface area (Å²) in [7, 11) is 0. The molecule has 1 fully saturated rings. The van der Waals surface area contributed by atoms with Gasteiger partial charge in [0.1, 0.15) is 0 Å². The molecule has 0 saturated carbocycles. The van der Waals surface area contributed by atoms with Gasteiger partial charge in [0.05, 0.1) is 12.6 Å². The van der Waals surface area contributed by atoms with E-state index >= 15 is 0 Å². The second-order valence-corrected chi connectivity index (χ2v) is 5.85. The maximum atomic E-state index is 9.31. The molecule has 4 rings (SSSR count). The van der Waals surface area contributed by atoms with Crippen molar-refractivity contribution in [1.29, 1.82) is 0 Å². The van der Waals surface area contributed by atoms with Crippen LogP contribution in [0.3, 0.4) is 0 Å². The first-order valence-corrected chi connectivity index (χ1v) is 7.35. The standard InChI is InChI=1S/C16H20N2O/c19-10-11-4-5-14-13(9-11)12-6-8-18-7-2-1-3-15(18)16(12)17-14/h4-5,9,15,17,19H,1-3,6-8,10H2. The van der Waals surface area contributed by atoms with E-state index in [1.54, 1.807) is 0 Å². The molecule has 100 valence electrons. The van der Waals surface area contributed by atoms with E-state index in [2.05, 4.69) is 22.0 Å². The molecule has 3 heteroatoms. The number of fused-ring (bicyclic) bond motifs is 5. The fraction of sp³-hybridized carbons (Fsp3) is 0.500. The minimum atomic E-state index is 0.130. The Hall–Kier alpha value is -1.32. The van der Waals surface area contributed by atoms with Crippen LogP contribution < -0.4 is 0 Å². The van der Waals surface area contributed by atoms with Gasteiger partial charge in [-0.05, 0) is 49.1 Å². The summed E-state index contributed by atoms with van der Waals surface area (Å²) in [6.07, 6.45) is 5.12. The number of aromatic nitrogens is 1. The lowest BCUT2D eigenvalue weighted by Crippen LogP contribution is -2.38. The number of nitrogens with zero attached hydrogens (tertiary/aromatic N) is 1. The van der Waals surface area contributed by atoms with E-state index in [1.165, 1.54) is 54.5 Å².